The van der Waals surface area contributed by atoms with E-state index < -0.39 is 70.8 Å². The molecule has 0 radical (unpaired) electrons. The summed E-state index contributed by atoms with van der Waals surface area (Å²) in [7, 11) is 0. The number of amides is 7. The summed E-state index contributed by atoms with van der Waals surface area (Å²) in [6.07, 6.45) is 1.47. The second kappa shape index (κ2) is 38.6. The minimum atomic E-state index is -1.99. The fraction of sp³-hybridized carbons (Fsp3) is 0.446. The maximum absolute atomic E-state index is 15.6. The number of fused-ring (bicyclic) bond motifs is 5. The van der Waals surface area contributed by atoms with Gasteiger partial charge in [0.15, 0.2) is 17.2 Å². The molecule has 4 aromatic carbocycles. The van der Waals surface area contributed by atoms with Gasteiger partial charge in [-0.05, 0) is 104 Å². The Morgan fingerprint density at radius 1 is 0.657 bits per heavy atom. The summed E-state index contributed by atoms with van der Waals surface area (Å²) in [5, 5.41) is 30.8. The number of esters is 2. The first-order valence-electron chi connectivity index (χ1n) is 34.4. The molecule has 0 spiro atoms. The average Bonchev–Trinajstić information content (AvgIpc) is 1.52. The Bertz CT molecular complexity index is 3970. The van der Waals surface area contributed by atoms with E-state index in [4.69, 9.17) is 38.1 Å². The van der Waals surface area contributed by atoms with Crippen LogP contribution < -0.4 is 47.5 Å². The van der Waals surface area contributed by atoms with Crippen LogP contribution in [0.25, 0.3) is 22.3 Å². The first-order valence-corrected chi connectivity index (χ1v) is 34.4. The van der Waals surface area contributed by atoms with E-state index in [-0.39, 0.29) is 159 Å². The van der Waals surface area contributed by atoms with Crippen molar-refractivity contribution >= 4 is 64.4 Å². The van der Waals surface area contributed by atoms with Gasteiger partial charge >= 0.3 is 18.0 Å². The normalized spacial score (nSPS) is 14.4. The number of hydrogen-bond donors (Lipinski definition) is 8. The zero-order chi connectivity index (χ0) is 73.1. The number of nitrogens with one attached hydrogen (secondary N) is 7. The average molecular weight is 1410 g/mol. The molecule has 0 saturated carbocycles. The summed E-state index contributed by atoms with van der Waals surface area (Å²) in [5.41, 5.74) is 3.11. The Morgan fingerprint density at radius 3 is 1.98 bits per heavy atom. The highest BCUT2D eigenvalue weighted by Crippen LogP contribution is 2.41. The first kappa shape index (κ1) is 77.6. The van der Waals surface area contributed by atoms with Crippen LogP contribution in [0, 0.1) is 11.7 Å². The van der Waals surface area contributed by atoms with Crippen LogP contribution in [0.4, 0.5) is 9.18 Å². The molecule has 27 nitrogen and oxygen atoms in total. The highest BCUT2D eigenvalue weighted by Gasteiger charge is 2.46. The zero-order valence-electron chi connectivity index (χ0n) is 58.0. The second-order valence-corrected chi connectivity index (χ2v) is 24.8. The van der Waals surface area contributed by atoms with Gasteiger partial charge in [-0.2, -0.15) is 0 Å². The molecule has 8 rings (SSSR count). The summed E-state index contributed by atoms with van der Waals surface area (Å²) < 4.78 is 55.6. The van der Waals surface area contributed by atoms with Crippen molar-refractivity contribution < 1.29 is 85.8 Å². The number of hydrogen-bond acceptors (Lipinski definition) is 19. The summed E-state index contributed by atoms with van der Waals surface area (Å²) in [5.74, 6) is -5.22. The number of carbonyl (C=O) groups is 9. The van der Waals surface area contributed by atoms with Crippen LogP contribution in [0.2, 0.25) is 0 Å². The number of ether oxygens (including phenoxy) is 7. The van der Waals surface area contributed by atoms with Gasteiger partial charge in [-0.15, -0.1) is 0 Å². The molecule has 6 aromatic rings. The Hall–Kier alpha value is -10.2. The molecule has 7 amide bonds. The number of rotatable bonds is 40. The third-order valence-electron chi connectivity index (χ3n) is 17.2. The molecule has 0 saturated heterocycles. The molecule has 2 aromatic heterocycles. The first-order chi connectivity index (χ1) is 49.2. The summed E-state index contributed by atoms with van der Waals surface area (Å²) in [6.45, 7) is 9.87. The van der Waals surface area contributed by atoms with Crippen molar-refractivity contribution in [1.29, 1.82) is 0 Å². The van der Waals surface area contributed by atoms with Crippen molar-refractivity contribution in [2.75, 3.05) is 66.0 Å². The van der Waals surface area contributed by atoms with Gasteiger partial charge in [0.1, 0.15) is 44.7 Å². The number of benzene rings is 4. The molecular formula is C74H90FN9O18. The molecule has 2 aliphatic heterocycles. The lowest BCUT2D eigenvalue weighted by atomic mass is 9.86. The lowest BCUT2D eigenvalue weighted by molar-refractivity contribution is -0.172. The van der Waals surface area contributed by atoms with Gasteiger partial charge < -0.3 is 80.0 Å². The van der Waals surface area contributed by atoms with E-state index in [2.05, 4.69) is 37.2 Å². The number of cyclic esters (lactones) is 1. The Labute approximate surface area is 590 Å². The fourth-order valence-corrected chi connectivity index (χ4v) is 11.4. The fourth-order valence-electron chi connectivity index (χ4n) is 11.4. The molecule has 102 heavy (non-hydrogen) atoms. The topological polar surface area (TPSA) is 358 Å². The van der Waals surface area contributed by atoms with E-state index in [9.17, 15) is 53.1 Å². The maximum atomic E-state index is 15.6. The molecule has 0 unspecified atom stereocenters. The quantitative estimate of drug-likeness (QED) is 0.00948. The molecule has 0 aliphatic carbocycles. The summed E-state index contributed by atoms with van der Waals surface area (Å²) >= 11 is 0. The number of alkyl carbamates (subject to hydrolysis) is 1. The molecule has 4 atom stereocenters. The number of aryl methyl sites for hydroxylation is 1. The van der Waals surface area contributed by atoms with Crippen molar-refractivity contribution in [3.8, 4) is 17.1 Å². The van der Waals surface area contributed by atoms with Crippen LogP contribution in [-0.4, -0.2) is 152 Å². The number of pyridine rings is 2. The monoisotopic (exact) mass is 1410 g/mol. The molecule has 2 aliphatic rings. The number of unbranched alkanes of at least 4 members (excludes halogenated alkanes) is 1. The van der Waals surface area contributed by atoms with Crippen molar-refractivity contribution in [3.05, 3.63) is 164 Å². The van der Waals surface area contributed by atoms with Crippen molar-refractivity contribution in [3.63, 3.8) is 0 Å². The minimum Gasteiger partial charge on any atom is -0.490 e. The van der Waals surface area contributed by atoms with Crippen LogP contribution in [0.5, 0.6) is 5.75 Å². The van der Waals surface area contributed by atoms with Crippen LogP contribution in [0.3, 0.4) is 0 Å². The second-order valence-electron chi connectivity index (χ2n) is 24.8. The van der Waals surface area contributed by atoms with E-state index >= 15 is 4.39 Å². The lowest BCUT2D eigenvalue weighted by Gasteiger charge is -2.31. The molecule has 28 heteroatoms. The number of aliphatic hydroxyl groups is 1. The van der Waals surface area contributed by atoms with Crippen molar-refractivity contribution in [1.82, 2.24) is 46.8 Å². The molecule has 8 N–H and O–H groups in total. The Morgan fingerprint density at radius 2 is 1.31 bits per heavy atom. The largest absolute Gasteiger partial charge is 0.490 e. The smallest absolute Gasteiger partial charge is 0.408 e. The van der Waals surface area contributed by atoms with E-state index in [1.807, 2.05) is 43.3 Å². The third-order valence-corrected chi connectivity index (χ3v) is 17.2. The molecule has 0 fully saturated rings. The Kier molecular flexibility index (Phi) is 29.3. The highest BCUT2D eigenvalue weighted by molar-refractivity contribution is 5.98. The van der Waals surface area contributed by atoms with Gasteiger partial charge in [0.2, 0.25) is 23.6 Å². The maximum Gasteiger partial charge on any atom is 0.408 e. The number of aromatic nitrogens is 2. The lowest BCUT2D eigenvalue weighted by Crippen LogP contribution is -2.57. The van der Waals surface area contributed by atoms with Gasteiger partial charge in [-0.3, -0.25) is 38.4 Å². The van der Waals surface area contributed by atoms with Gasteiger partial charge in [-0.25, -0.2) is 19.0 Å². The van der Waals surface area contributed by atoms with Gasteiger partial charge in [0, 0.05) is 72.6 Å². The number of carbonyl (C=O) groups excluding carboxylic acids is 9. The Balaban J connectivity index is 0.691. The number of halogens is 1. The zero-order valence-corrected chi connectivity index (χ0v) is 58.0. The van der Waals surface area contributed by atoms with Crippen LogP contribution >= 0.6 is 0 Å². The van der Waals surface area contributed by atoms with E-state index in [0.717, 1.165) is 22.3 Å². The molecular weight excluding hydrogens is 1320 g/mol. The van der Waals surface area contributed by atoms with Crippen LogP contribution in [0.15, 0.2) is 108 Å². The van der Waals surface area contributed by atoms with E-state index in [1.54, 1.807) is 57.2 Å². The molecule has 0 bridgehead atoms. The SMILES string of the molecule is CCc1c2c(nc3cc(F)c(OCCCOCNC(=O)[C@H](C)NC(=O)[C@@H](NC(=O)[C@H](CCCCNC(=O)CCOCCOCCNC(=O)c4ccc(C(=O)NCCCC(=O)OCc5ccccc5)cc4)NC(=O)OCc4ccccc4)C(C)C)cc13)-c1cc3c(c(=O)n1C2)COC(=O)[C@]3(O)CC. The van der Waals surface area contributed by atoms with E-state index in [1.165, 1.54) is 41.8 Å². The summed E-state index contributed by atoms with van der Waals surface area (Å²) in [4.78, 5) is 135. The summed E-state index contributed by atoms with van der Waals surface area (Å²) in [6, 6.07) is 25.5. The van der Waals surface area contributed by atoms with E-state index in [0.29, 0.717) is 65.5 Å². The third kappa shape index (κ3) is 21.7. The van der Waals surface area contributed by atoms with Crippen molar-refractivity contribution in [2.24, 2.45) is 5.92 Å². The minimum absolute atomic E-state index is 0.00599. The van der Waals surface area contributed by atoms with Gasteiger partial charge in [0.05, 0.1) is 68.7 Å². The van der Waals surface area contributed by atoms with Gasteiger partial charge in [0.25, 0.3) is 17.4 Å². The molecule has 4 heterocycles. The predicted molar refractivity (Wildman–Crippen MR) is 371 cm³/mol. The number of nitrogens with zero attached hydrogens (tertiary/aromatic N) is 2. The molecule has 546 valence electrons. The van der Waals surface area contributed by atoms with Crippen molar-refractivity contribution in [2.45, 2.75) is 142 Å². The van der Waals surface area contributed by atoms with Gasteiger partial charge in [-0.1, -0.05) is 88.4 Å². The highest BCUT2D eigenvalue weighted by atomic mass is 19.1. The van der Waals surface area contributed by atoms with Crippen LogP contribution in [0.1, 0.15) is 140 Å². The standard InChI is InChI=1S/C74H90FN9O18/c1-6-52-53-38-61(57(75)40-59(53)81-65-54(52)41-84-60(65)39-56-55(71(84)92)44-101-72(93)74(56,95)7-2)99-33-17-32-98-45-79-66(87)47(5)80-70(91)64(46(3)4)83-69(90)58(82-73(94)102-43-49-20-12-9-13-21-49)22-14-15-29-76-62(85)28-34-96-36-37-97-35-31-78-68(89)51-26-24-50(25-27-51)67(88)77-30-16-23-63(86)100-42-48-18-10-8-11-19-48/h8-13,18-21,24-27,38-40,46-47,58,64,95H,6-7,14-17,22-23,28-37,41-45H2,1-5H3,(H,76,85)(H,77,88)(H,78,89)(H,79,87)(H,80,91)(H,82,94)(H,83,90)/t47-,58-,64-,74-/m0/s1. The predicted octanol–water partition coefficient (Wildman–Crippen LogP) is 5.97. The van der Waals surface area contributed by atoms with Crippen LogP contribution in [-0.2, 0) is 95.6 Å².